The molecule has 1 saturated carbocycles. The van der Waals surface area contributed by atoms with E-state index in [-0.39, 0.29) is 12.4 Å². The van der Waals surface area contributed by atoms with Gasteiger partial charge in [0.05, 0.1) is 0 Å². The topological polar surface area (TPSA) is 42.1 Å². The summed E-state index contributed by atoms with van der Waals surface area (Å²) < 4.78 is 5.89. The lowest BCUT2D eigenvalue weighted by Gasteiger charge is -2.10. The number of fused-ring (bicyclic) bond motifs is 2. The normalized spacial score (nSPS) is 13.2. The minimum atomic E-state index is -0.0268. The molecule has 4 heteroatoms. The molecule has 1 aliphatic carbocycles. The Morgan fingerprint density at radius 2 is 1.87 bits per heavy atom. The highest BCUT2D eigenvalue weighted by atomic mass is 35.5. The summed E-state index contributed by atoms with van der Waals surface area (Å²) in [5, 5.41) is 3.77. The molecule has 0 aliphatic heterocycles. The van der Waals surface area contributed by atoms with Gasteiger partial charge in [0.2, 0.25) is 5.78 Å². The van der Waals surface area contributed by atoms with Gasteiger partial charge in [0.15, 0.2) is 6.61 Å². The summed E-state index contributed by atoms with van der Waals surface area (Å²) in [5.74, 6) is 1.39. The Kier molecular flexibility index (Phi) is 5.83. The summed E-state index contributed by atoms with van der Waals surface area (Å²) in [5.41, 5.74) is 4.04. The van der Waals surface area contributed by atoms with Gasteiger partial charge in [-0.15, -0.1) is 0 Å². The van der Waals surface area contributed by atoms with Crippen LogP contribution < -0.4 is 4.74 Å². The van der Waals surface area contributed by atoms with Crippen molar-refractivity contribution in [2.45, 2.75) is 39.5 Å². The maximum Gasteiger partial charge on any atom is 0.202 e. The van der Waals surface area contributed by atoms with E-state index in [1.54, 1.807) is 6.20 Å². The zero-order valence-corrected chi connectivity index (χ0v) is 18.3. The van der Waals surface area contributed by atoms with E-state index in [0.29, 0.717) is 16.5 Å². The number of aromatic nitrogens is 1. The molecular formula is C26H26ClNO2. The van der Waals surface area contributed by atoms with Crippen molar-refractivity contribution in [3.63, 3.8) is 0 Å². The summed E-state index contributed by atoms with van der Waals surface area (Å²) in [6, 6.07) is 16.1. The fourth-order valence-corrected chi connectivity index (χ4v) is 3.96. The van der Waals surface area contributed by atoms with Crippen LogP contribution >= 0.6 is 11.6 Å². The quantitative estimate of drug-likeness (QED) is 0.341. The minimum absolute atomic E-state index is 0.0112. The molecule has 1 N–H and O–H groups in total. The molecule has 1 aromatic heterocycles. The first-order valence-corrected chi connectivity index (χ1v) is 10.9. The zero-order valence-electron chi connectivity index (χ0n) is 17.6. The average molecular weight is 420 g/mol. The number of aryl methyl sites for hydroxylation is 1. The molecule has 1 aliphatic rings. The van der Waals surface area contributed by atoms with Crippen LogP contribution in [0, 0.1) is 6.92 Å². The third-order valence-electron chi connectivity index (χ3n) is 5.51. The molecule has 0 radical (unpaired) electrons. The van der Waals surface area contributed by atoms with Crippen molar-refractivity contribution in [3.8, 4) is 5.75 Å². The van der Waals surface area contributed by atoms with E-state index in [0.717, 1.165) is 33.0 Å². The van der Waals surface area contributed by atoms with E-state index in [2.05, 4.69) is 23.2 Å². The van der Waals surface area contributed by atoms with E-state index in [1.807, 2.05) is 51.1 Å². The summed E-state index contributed by atoms with van der Waals surface area (Å²) in [4.78, 5) is 16.0. The molecule has 0 bridgehead atoms. The van der Waals surface area contributed by atoms with Crippen LogP contribution in [-0.4, -0.2) is 17.4 Å². The van der Waals surface area contributed by atoms with Crippen LogP contribution in [0.1, 0.15) is 54.1 Å². The summed E-state index contributed by atoms with van der Waals surface area (Å²) in [7, 11) is 0. The predicted molar refractivity (Wildman–Crippen MR) is 125 cm³/mol. The third kappa shape index (κ3) is 4.08. The van der Waals surface area contributed by atoms with Crippen molar-refractivity contribution in [1.29, 1.82) is 0 Å². The minimum Gasteiger partial charge on any atom is -0.485 e. The van der Waals surface area contributed by atoms with Gasteiger partial charge in [0.25, 0.3) is 0 Å². The average Bonchev–Trinajstić information content (AvgIpc) is 3.52. The molecule has 1 fully saturated rings. The van der Waals surface area contributed by atoms with Crippen molar-refractivity contribution in [2.75, 3.05) is 6.61 Å². The number of nitrogens with one attached hydrogen (secondary N) is 1. The van der Waals surface area contributed by atoms with Crippen LogP contribution in [0.3, 0.4) is 0 Å². The Bertz CT molecular complexity index is 1220. The second-order valence-corrected chi connectivity index (χ2v) is 8.04. The van der Waals surface area contributed by atoms with Gasteiger partial charge >= 0.3 is 0 Å². The second kappa shape index (κ2) is 8.53. The largest absolute Gasteiger partial charge is 0.485 e. The molecule has 154 valence electrons. The molecule has 1 heterocycles. The number of rotatable bonds is 5. The van der Waals surface area contributed by atoms with Gasteiger partial charge in [-0.3, -0.25) is 4.79 Å². The fraction of sp³-hybridized carbons (Fsp3) is 0.269. The molecule has 0 atom stereocenters. The maximum absolute atomic E-state index is 12.8. The number of carbonyl (C=O) groups is 1. The van der Waals surface area contributed by atoms with Crippen molar-refractivity contribution >= 4 is 39.1 Å². The Hall–Kier alpha value is -2.78. The first kappa shape index (κ1) is 20.5. The number of benzene rings is 3. The van der Waals surface area contributed by atoms with Crippen molar-refractivity contribution in [1.82, 2.24) is 4.98 Å². The monoisotopic (exact) mass is 419 g/mol. The predicted octanol–water partition coefficient (Wildman–Crippen LogP) is 7.45. The van der Waals surface area contributed by atoms with Gasteiger partial charge in [0, 0.05) is 27.7 Å². The summed E-state index contributed by atoms with van der Waals surface area (Å²) >= 11 is 6.07. The van der Waals surface area contributed by atoms with Gasteiger partial charge in [-0.1, -0.05) is 43.6 Å². The van der Waals surface area contributed by atoms with E-state index < -0.39 is 0 Å². The molecular weight excluding hydrogens is 394 g/mol. The van der Waals surface area contributed by atoms with Gasteiger partial charge in [-0.2, -0.15) is 0 Å². The van der Waals surface area contributed by atoms with E-state index in [1.165, 1.54) is 18.4 Å². The number of hydrogen-bond donors (Lipinski definition) is 1. The van der Waals surface area contributed by atoms with E-state index in [9.17, 15) is 4.79 Å². The number of Topliss-reactive ketones (excluding diaryl/α,β-unsaturated/α-hetero) is 1. The Labute approximate surface area is 182 Å². The molecule has 3 aromatic carbocycles. The molecule has 0 amide bonds. The third-order valence-corrected chi connectivity index (χ3v) is 5.74. The van der Waals surface area contributed by atoms with Crippen molar-refractivity contribution < 1.29 is 9.53 Å². The lowest BCUT2D eigenvalue weighted by molar-refractivity contribution is 0.0923. The van der Waals surface area contributed by atoms with E-state index in [4.69, 9.17) is 16.3 Å². The summed E-state index contributed by atoms with van der Waals surface area (Å²) in [6.07, 6.45) is 4.33. The van der Waals surface area contributed by atoms with Gasteiger partial charge < -0.3 is 9.72 Å². The zero-order chi connectivity index (χ0) is 21.3. The molecule has 5 rings (SSSR count). The number of aromatic amines is 1. The molecule has 0 unspecified atom stereocenters. The number of ether oxygens (including phenoxy) is 1. The lowest BCUT2D eigenvalue weighted by Crippen LogP contribution is -2.11. The van der Waals surface area contributed by atoms with Gasteiger partial charge in [-0.25, -0.2) is 0 Å². The standard InChI is InChI=1S/C24H20ClNO2.C2H6/c1-14-8-18-9-19(25)6-4-17(18)11-24(14)28-13-23(27)21-12-26-22-10-16(15-2-3-15)5-7-20(21)22;1-2/h4-12,15,26H,2-3,13H2,1H3;1-2H3. The Morgan fingerprint density at radius 3 is 2.63 bits per heavy atom. The highest BCUT2D eigenvalue weighted by Gasteiger charge is 2.24. The lowest BCUT2D eigenvalue weighted by atomic mass is 10.1. The van der Waals surface area contributed by atoms with Crippen LogP contribution in [0.2, 0.25) is 5.02 Å². The molecule has 3 nitrogen and oxygen atoms in total. The van der Waals surface area contributed by atoms with Crippen LogP contribution in [-0.2, 0) is 0 Å². The number of H-pyrrole nitrogens is 1. The number of carbonyl (C=O) groups excluding carboxylic acids is 1. The highest BCUT2D eigenvalue weighted by molar-refractivity contribution is 6.31. The SMILES string of the molecule is CC.Cc1cc2cc(Cl)ccc2cc1OCC(=O)c1c[nH]c2cc(C3CC3)ccc12. The number of ketones is 1. The van der Waals surface area contributed by atoms with E-state index >= 15 is 0 Å². The van der Waals surface area contributed by atoms with Gasteiger partial charge in [-0.05, 0) is 77.9 Å². The number of halogens is 1. The molecule has 30 heavy (non-hydrogen) atoms. The van der Waals surface area contributed by atoms with Crippen LogP contribution in [0.15, 0.2) is 54.7 Å². The van der Waals surface area contributed by atoms with Crippen LogP contribution in [0.25, 0.3) is 21.7 Å². The first-order chi connectivity index (χ1) is 14.6. The second-order valence-electron chi connectivity index (χ2n) is 7.60. The van der Waals surface area contributed by atoms with Crippen LogP contribution in [0.4, 0.5) is 0 Å². The van der Waals surface area contributed by atoms with Crippen molar-refractivity contribution in [2.24, 2.45) is 0 Å². The Balaban J connectivity index is 0.00000106. The first-order valence-electron chi connectivity index (χ1n) is 10.6. The molecule has 0 spiro atoms. The van der Waals surface area contributed by atoms with Crippen LogP contribution in [0.5, 0.6) is 5.75 Å². The van der Waals surface area contributed by atoms with Gasteiger partial charge in [0.1, 0.15) is 5.75 Å². The fourth-order valence-electron chi connectivity index (χ4n) is 3.78. The molecule has 0 saturated heterocycles. The smallest absolute Gasteiger partial charge is 0.202 e. The molecule has 4 aromatic rings. The van der Waals surface area contributed by atoms with Crippen molar-refractivity contribution in [3.05, 3.63) is 76.4 Å². The number of hydrogen-bond acceptors (Lipinski definition) is 2. The highest BCUT2D eigenvalue weighted by Crippen LogP contribution is 2.41. The Morgan fingerprint density at radius 1 is 1.07 bits per heavy atom. The maximum atomic E-state index is 12.8. The summed E-state index contributed by atoms with van der Waals surface area (Å²) in [6.45, 7) is 5.99.